The summed E-state index contributed by atoms with van der Waals surface area (Å²) in [6.45, 7) is 6.17. The predicted molar refractivity (Wildman–Crippen MR) is 105 cm³/mol. The van der Waals surface area contributed by atoms with Crippen LogP contribution in [0.3, 0.4) is 0 Å². The number of carbonyl (C=O) groups excluding carboxylic acids is 1. The van der Waals surface area contributed by atoms with E-state index in [0.29, 0.717) is 22.2 Å². The summed E-state index contributed by atoms with van der Waals surface area (Å²) >= 11 is 2.88. The van der Waals surface area contributed by atoms with Gasteiger partial charge < -0.3 is 5.32 Å². The Morgan fingerprint density at radius 3 is 2.80 bits per heavy atom. The first-order chi connectivity index (χ1) is 11.9. The number of hydrogen-bond donors (Lipinski definition) is 1. The van der Waals surface area contributed by atoms with Crippen LogP contribution in [0, 0.1) is 19.8 Å². The monoisotopic (exact) mass is 379 g/mol. The Kier molecular flexibility index (Phi) is 5.53. The molecule has 0 unspecified atom stereocenters. The summed E-state index contributed by atoms with van der Waals surface area (Å²) in [6, 6.07) is 0.281. The molecule has 1 amide bonds. The number of aromatic nitrogens is 2. The van der Waals surface area contributed by atoms with Gasteiger partial charge in [0, 0.05) is 18.0 Å². The number of fused-ring (bicyclic) bond motifs is 1. The summed E-state index contributed by atoms with van der Waals surface area (Å²) in [5.74, 6) is 0.855. The Balaban J connectivity index is 1.71. The lowest BCUT2D eigenvalue weighted by Gasteiger charge is -2.29. The molecule has 1 fully saturated rings. The van der Waals surface area contributed by atoms with Crippen LogP contribution in [0.1, 0.15) is 43.0 Å². The second kappa shape index (κ2) is 7.50. The quantitative estimate of drug-likeness (QED) is 0.653. The summed E-state index contributed by atoms with van der Waals surface area (Å²) in [5, 5.41) is 4.46. The molecule has 2 aromatic rings. The van der Waals surface area contributed by atoms with E-state index in [-0.39, 0.29) is 17.5 Å². The van der Waals surface area contributed by atoms with Gasteiger partial charge in [0.15, 0.2) is 5.16 Å². The molecule has 0 bridgehead atoms. The SMILES string of the molecule is Cc1sc2nc(SCC(=O)N[C@H]3CCCC[C@H]3C)n(C)c(=O)c2c1C. The number of amides is 1. The van der Waals surface area contributed by atoms with E-state index in [0.717, 1.165) is 21.7 Å². The third kappa shape index (κ3) is 3.77. The van der Waals surface area contributed by atoms with E-state index in [1.54, 1.807) is 23.0 Å². The van der Waals surface area contributed by atoms with Crippen LogP contribution in [-0.4, -0.2) is 27.3 Å². The molecule has 2 heterocycles. The first-order valence-electron chi connectivity index (χ1n) is 8.77. The fourth-order valence-electron chi connectivity index (χ4n) is 3.39. The minimum absolute atomic E-state index is 0.0247. The standard InChI is InChI=1S/C18H25N3O2S2/c1-10-7-5-6-8-13(10)19-14(22)9-24-18-20-16-15(17(23)21(18)4)11(2)12(3)25-16/h10,13H,5-9H2,1-4H3,(H,19,22)/t10-,13+/m1/s1. The van der Waals surface area contributed by atoms with Crippen molar-refractivity contribution < 1.29 is 4.79 Å². The number of nitrogens with zero attached hydrogens (tertiary/aromatic N) is 2. The molecule has 0 radical (unpaired) electrons. The molecule has 2 atom stereocenters. The van der Waals surface area contributed by atoms with Crippen LogP contribution >= 0.6 is 23.1 Å². The smallest absolute Gasteiger partial charge is 0.262 e. The molecule has 1 N–H and O–H groups in total. The summed E-state index contributed by atoms with van der Waals surface area (Å²) in [4.78, 5) is 31.4. The van der Waals surface area contributed by atoms with Gasteiger partial charge in [-0.05, 0) is 38.2 Å². The van der Waals surface area contributed by atoms with Gasteiger partial charge in [-0.15, -0.1) is 11.3 Å². The highest BCUT2D eigenvalue weighted by Gasteiger charge is 2.23. The highest BCUT2D eigenvalue weighted by atomic mass is 32.2. The Bertz CT molecular complexity index is 856. The number of nitrogens with one attached hydrogen (secondary N) is 1. The molecule has 136 valence electrons. The first kappa shape index (κ1) is 18.5. The maximum atomic E-state index is 12.6. The highest BCUT2D eigenvalue weighted by Crippen LogP contribution is 2.28. The summed E-state index contributed by atoms with van der Waals surface area (Å²) in [7, 11) is 1.73. The Labute approximate surface area is 156 Å². The molecule has 7 heteroatoms. The maximum Gasteiger partial charge on any atom is 0.262 e. The third-order valence-electron chi connectivity index (χ3n) is 5.16. The van der Waals surface area contributed by atoms with Gasteiger partial charge in [-0.1, -0.05) is 31.5 Å². The zero-order valence-electron chi connectivity index (χ0n) is 15.2. The Hall–Kier alpha value is -1.34. The lowest BCUT2D eigenvalue weighted by atomic mass is 9.86. The van der Waals surface area contributed by atoms with E-state index in [1.807, 2.05) is 13.8 Å². The Morgan fingerprint density at radius 1 is 1.36 bits per heavy atom. The summed E-state index contributed by atoms with van der Waals surface area (Å²) in [6.07, 6.45) is 4.69. The predicted octanol–water partition coefficient (Wildman–Crippen LogP) is 3.40. The number of aryl methyl sites for hydroxylation is 2. The summed E-state index contributed by atoms with van der Waals surface area (Å²) in [5.41, 5.74) is 0.976. The average Bonchev–Trinajstić information content (AvgIpc) is 2.86. The summed E-state index contributed by atoms with van der Waals surface area (Å²) < 4.78 is 1.56. The van der Waals surface area contributed by atoms with E-state index in [4.69, 9.17) is 0 Å². The second-order valence-corrected chi connectivity index (χ2v) is 9.09. The van der Waals surface area contributed by atoms with Crippen LogP contribution < -0.4 is 10.9 Å². The van der Waals surface area contributed by atoms with Gasteiger partial charge in [0.2, 0.25) is 5.91 Å². The molecule has 0 spiro atoms. The lowest BCUT2D eigenvalue weighted by molar-refractivity contribution is -0.119. The molecule has 1 saturated carbocycles. The fraction of sp³-hybridized carbons (Fsp3) is 0.611. The van der Waals surface area contributed by atoms with Crippen molar-refractivity contribution >= 4 is 39.2 Å². The molecule has 0 aliphatic heterocycles. The average molecular weight is 380 g/mol. The molecule has 25 heavy (non-hydrogen) atoms. The van der Waals surface area contributed by atoms with Gasteiger partial charge in [0.1, 0.15) is 4.83 Å². The van der Waals surface area contributed by atoms with Crippen LogP contribution in [0.5, 0.6) is 0 Å². The molecule has 0 aromatic carbocycles. The van der Waals surface area contributed by atoms with Crippen LogP contribution in [0.15, 0.2) is 9.95 Å². The third-order valence-corrected chi connectivity index (χ3v) is 7.29. The van der Waals surface area contributed by atoms with E-state index in [2.05, 4.69) is 17.2 Å². The van der Waals surface area contributed by atoms with Crippen molar-refractivity contribution in [3.8, 4) is 0 Å². The number of carbonyl (C=O) groups is 1. The largest absolute Gasteiger partial charge is 0.352 e. The lowest BCUT2D eigenvalue weighted by Crippen LogP contribution is -2.41. The van der Waals surface area contributed by atoms with Crippen LogP contribution in [0.25, 0.3) is 10.2 Å². The number of thioether (sulfide) groups is 1. The zero-order chi connectivity index (χ0) is 18.1. The van der Waals surface area contributed by atoms with Gasteiger partial charge in [-0.25, -0.2) is 4.98 Å². The molecular formula is C18H25N3O2S2. The molecule has 3 rings (SSSR count). The van der Waals surface area contributed by atoms with Crippen molar-refractivity contribution in [1.29, 1.82) is 0 Å². The van der Waals surface area contributed by atoms with Gasteiger partial charge >= 0.3 is 0 Å². The molecule has 1 aliphatic rings. The Morgan fingerprint density at radius 2 is 2.08 bits per heavy atom. The minimum Gasteiger partial charge on any atom is -0.352 e. The van der Waals surface area contributed by atoms with Crippen LogP contribution in [0.4, 0.5) is 0 Å². The van der Waals surface area contributed by atoms with E-state index >= 15 is 0 Å². The second-order valence-electron chi connectivity index (χ2n) is 6.95. The van der Waals surface area contributed by atoms with Crippen molar-refractivity contribution in [3.05, 3.63) is 20.8 Å². The topological polar surface area (TPSA) is 64.0 Å². The zero-order valence-corrected chi connectivity index (χ0v) is 16.9. The molecular weight excluding hydrogens is 354 g/mol. The minimum atomic E-state index is -0.0318. The highest BCUT2D eigenvalue weighted by molar-refractivity contribution is 7.99. The van der Waals surface area contributed by atoms with Crippen molar-refractivity contribution in [2.24, 2.45) is 13.0 Å². The molecule has 5 nitrogen and oxygen atoms in total. The number of hydrogen-bond acceptors (Lipinski definition) is 5. The first-order valence-corrected chi connectivity index (χ1v) is 10.6. The van der Waals surface area contributed by atoms with E-state index in [9.17, 15) is 9.59 Å². The van der Waals surface area contributed by atoms with Crippen LogP contribution in [0.2, 0.25) is 0 Å². The van der Waals surface area contributed by atoms with E-state index < -0.39 is 0 Å². The van der Waals surface area contributed by atoms with Crippen molar-refractivity contribution in [2.45, 2.75) is 57.7 Å². The molecule has 0 saturated heterocycles. The van der Waals surface area contributed by atoms with E-state index in [1.165, 1.54) is 31.0 Å². The number of rotatable bonds is 4. The van der Waals surface area contributed by atoms with Gasteiger partial charge in [-0.2, -0.15) is 0 Å². The van der Waals surface area contributed by atoms with Crippen LogP contribution in [-0.2, 0) is 11.8 Å². The van der Waals surface area contributed by atoms with Crippen molar-refractivity contribution in [2.75, 3.05) is 5.75 Å². The molecule has 1 aliphatic carbocycles. The number of thiophene rings is 1. The van der Waals surface area contributed by atoms with Crippen molar-refractivity contribution in [1.82, 2.24) is 14.9 Å². The molecule has 2 aromatic heterocycles. The van der Waals surface area contributed by atoms with Gasteiger partial charge in [-0.3, -0.25) is 14.2 Å². The maximum absolute atomic E-state index is 12.6. The van der Waals surface area contributed by atoms with Gasteiger partial charge in [0.25, 0.3) is 5.56 Å². The normalized spacial score (nSPS) is 20.8. The van der Waals surface area contributed by atoms with Gasteiger partial charge in [0.05, 0.1) is 11.1 Å². The fourth-order valence-corrected chi connectivity index (χ4v) is 5.25. The van der Waals surface area contributed by atoms with Crippen molar-refractivity contribution in [3.63, 3.8) is 0 Å².